The number of aromatic nitrogens is 3. The van der Waals surface area contributed by atoms with Crippen LogP contribution in [0.25, 0.3) is 0 Å². The van der Waals surface area contributed by atoms with E-state index in [-0.39, 0.29) is 17.6 Å². The summed E-state index contributed by atoms with van der Waals surface area (Å²) < 4.78 is 1.20. The van der Waals surface area contributed by atoms with Gasteiger partial charge in [-0.05, 0) is 17.7 Å². The molecule has 0 spiro atoms. The standard InChI is InChI=1S/C17H19N7OS2/c18-21-16-22-23-17(24(16)19)27-11-15(25)20-13-8-4-5-9-14(13)26-10-12-6-2-1-3-7-12/h1-9H,10-11,18-19H2,(H,20,25)(H,21,22). The number of carbonyl (C=O) groups is 1. The summed E-state index contributed by atoms with van der Waals surface area (Å²) in [6.45, 7) is 0. The lowest BCUT2D eigenvalue weighted by atomic mass is 10.2. The second-order valence-corrected chi connectivity index (χ2v) is 7.39. The van der Waals surface area contributed by atoms with Crippen LogP contribution >= 0.6 is 23.5 Å². The smallest absolute Gasteiger partial charge is 0.258 e. The minimum Gasteiger partial charge on any atom is -0.334 e. The van der Waals surface area contributed by atoms with Gasteiger partial charge < -0.3 is 11.2 Å². The topological polar surface area (TPSA) is 124 Å². The van der Waals surface area contributed by atoms with Crippen LogP contribution in [-0.2, 0) is 10.5 Å². The number of nitrogens with one attached hydrogen (secondary N) is 2. The molecule has 3 aromatic rings. The molecule has 0 unspecified atom stereocenters. The molecule has 140 valence electrons. The Balaban J connectivity index is 1.58. The third kappa shape index (κ3) is 5.16. The maximum Gasteiger partial charge on any atom is 0.258 e. The first kappa shape index (κ1) is 19.1. The number of hydrazine groups is 1. The Bertz CT molecular complexity index is 901. The van der Waals surface area contributed by atoms with Crippen LogP contribution in [0.1, 0.15) is 5.56 Å². The zero-order valence-electron chi connectivity index (χ0n) is 14.3. The summed E-state index contributed by atoms with van der Waals surface area (Å²) in [6.07, 6.45) is 0. The van der Waals surface area contributed by atoms with E-state index in [1.807, 2.05) is 42.5 Å². The minimum atomic E-state index is -0.155. The van der Waals surface area contributed by atoms with Crippen molar-refractivity contribution < 1.29 is 4.79 Å². The molecule has 0 atom stereocenters. The van der Waals surface area contributed by atoms with Gasteiger partial charge in [-0.25, -0.2) is 10.5 Å². The molecule has 10 heteroatoms. The van der Waals surface area contributed by atoms with Crippen molar-refractivity contribution in [3.05, 3.63) is 60.2 Å². The molecular weight excluding hydrogens is 382 g/mol. The molecule has 0 fully saturated rings. The Morgan fingerprint density at radius 3 is 2.52 bits per heavy atom. The summed E-state index contributed by atoms with van der Waals surface area (Å²) in [4.78, 5) is 13.3. The predicted octanol–water partition coefficient (Wildman–Crippen LogP) is 2.30. The van der Waals surface area contributed by atoms with Gasteiger partial charge in [-0.15, -0.1) is 22.0 Å². The number of nitrogens with zero attached hydrogens (tertiary/aromatic N) is 3. The number of anilines is 2. The van der Waals surface area contributed by atoms with Crippen molar-refractivity contribution in [1.82, 2.24) is 14.9 Å². The van der Waals surface area contributed by atoms with Crippen molar-refractivity contribution in [1.29, 1.82) is 0 Å². The number of thioether (sulfide) groups is 2. The number of hydrogen-bond acceptors (Lipinski definition) is 8. The lowest BCUT2D eigenvalue weighted by Gasteiger charge is -2.10. The summed E-state index contributed by atoms with van der Waals surface area (Å²) in [7, 11) is 0. The molecule has 0 saturated carbocycles. The maximum atomic E-state index is 12.3. The summed E-state index contributed by atoms with van der Waals surface area (Å²) >= 11 is 2.85. The van der Waals surface area contributed by atoms with Crippen molar-refractivity contribution in [3.8, 4) is 0 Å². The average molecular weight is 402 g/mol. The largest absolute Gasteiger partial charge is 0.334 e. The van der Waals surface area contributed by atoms with Crippen LogP contribution in [-0.4, -0.2) is 26.5 Å². The first-order chi connectivity index (χ1) is 13.2. The van der Waals surface area contributed by atoms with Gasteiger partial charge in [0.2, 0.25) is 11.1 Å². The van der Waals surface area contributed by atoms with Crippen molar-refractivity contribution in [2.75, 3.05) is 22.3 Å². The van der Waals surface area contributed by atoms with Gasteiger partial charge in [0.05, 0.1) is 11.4 Å². The first-order valence-corrected chi connectivity index (χ1v) is 10.00. The molecule has 1 aromatic heterocycles. The predicted molar refractivity (Wildman–Crippen MR) is 110 cm³/mol. The lowest BCUT2D eigenvalue weighted by molar-refractivity contribution is -0.113. The van der Waals surface area contributed by atoms with E-state index in [0.29, 0.717) is 5.16 Å². The van der Waals surface area contributed by atoms with Gasteiger partial charge in [-0.2, -0.15) is 0 Å². The summed E-state index contributed by atoms with van der Waals surface area (Å²) in [6, 6.07) is 17.9. The molecule has 2 aromatic carbocycles. The van der Waals surface area contributed by atoms with Gasteiger partial charge in [0, 0.05) is 10.6 Å². The van der Waals surface area contributed by atoms with Crippen LogP contribution in [0, 0.1) is 0 Å². The van der Waals surface area contributed by atoms with Gasteiger partial charge in [-0.1, -0.05) is 54.2 Å². The number of benzene rings is 2. The van der Waals surface area contributed by atoms with E-state index in [1.54, 1.807) is 11.8 Å². The number of hydrogen-bond donors (Lipinski definition) is 4. The van der Waals surface area contributed by atoms with Crippen LogP contribution in [0.15, 0.2) is 64.6 Å². The minimum absolute atomic E-state index is 0.150. The summed E-state index contributed by atoms with van der Waals surface area (Å²) in [5.74, 6) is 12.1. The number of amides is 1. The van der Waals surface area contributed by atoms with Crippen LogP contribution in [0.2, 0.25) is 0 Å². The van der Waals surface area contributed by atoms with Crippen molar-refractivity contribution in [3.63, 3.8) is 0 Å². The SMILES string of the molecule is NNc1nnc(SCC(=O)Nc2ccccc2SCc2ccccc2)n1N. The second-order valence-electron chi connectivity index (χ2n) is 5.43. The zero-order valence-corrected chi connectivity index (χ0v) is 16.0. The Kier molecular flexibility index (Phi) is 6.58. The van der Waals surface area contributed by atoms with Crippen molar-refractivity contribution in [2.45, 2.75) is 15.8 Å². The van der Waals surface area contributed by atoms with Gasteiger partial charge in [-0.3, -0.25) is 10.2 Å². The normalized spacial score (nSPS) is 10.6. The van der Waals surface area contributed by atoms with Crippen molar-refractivity contribution >= 4 is 41.1 Å². The van der Waals surface area contributed by atoms with E-state index in [4.69, 9.17) is 11.7 Å². The highest BCUT2D eigenvalue weighted by Crippen LogP contribution is 2.30. The van der Waals surface area contributed by atoms with Crippen LogP contribution < -0.4 is 22.4 Å². The van der Waals surface area contributed by atoms with E-state index >= 15 is 0 Å². The lowest BCUT2D eigenvalue weighted by Crippen LogP contribution is -2.19. The molecule has 3 rings (SSSR count). The molecule has 0 bridgehead atoms. The van der Waals surface area contributed by atoms with Crippen LogP contribution in [0.4, 0.5) is 11.6 Å². The molecule has 27 heavy (non-hydrogen) atoms. The zero-order chi connectivity index (χ0) is 19.1. The van der Waals surface area contributed by atoms with E-state index in [2.05, 4.69) is 33.1 Å². The Morgan fingerprint density at radius 1 is 1.04 bits per heavy atom. The summed E-state index contributed by atoms with van der Waals surface area (Å²) in [5.41, 5.74) is 4.33. The molecule has 1 amide bonds. The molecule has 0 aliphatic heterocycles. The number of nitrogens with two attached hydrogens (primary N) is 2. The van der Waals surface area contributed by atoms with E-state index < -0.39 is 0 Å². The highest BCUT2D eigenvalue weighted by Gasteiger charge is 2.12. The molecule has 6 N–H and O–H groups in total. The molecule has 0 radical (unpaired) electrons. The Hall–Kier alpha value is -2.69. The van der Waals surface area contributed by atoms with Crippen LogP contribution in [0.5, 0.6) is 0 Å². The fraction of sp³-hybridized carbons (Fsp3) is 0.118. The molecule has 1 heterocycles. The highest BCUT2D eigenvalue weighted by molar-refractivity contribution is 7.99. The molecule has 0 aliphatic rings. The number of rotatable bonds is 8. The third-order valence-electron chi connectivity index (χ3n) is 3.52. The van der Waals surface area contributed by atoms with E-state index in [0.717, 1.165) is 16.3 Å². The molecular formula is C17H19N7OS2. The maximum absolute atomic E-state index is 12.3. The fourth-order valence-corrected chi connectivity index (χ4v) is 3.84. The Labute approximate surface area is 165 Å². The third-order valence-corrected chi connectivity index (χ3v) is 5.61. The quantitative estimate of drug-likeness (QED) is 0.257. The molecule has 0 aliphatic carbocycles. The fourth-order valence-electron chi connectivity index (χ4n) is 2.22. The number of para-hydroxylation sites is 1. The second kappa shape index (κ2) is 9.31. The highest BCUT2D eigenvalue weighted by atomic mass is 32.2. The van der Waals surface area contributed by atoms with Gasteiger partial charge >= 0.3 is 0 Å². The van der Waals surface area contributed by atoms with E-state index in [1.165, 1.54) is 22.0 Å². The summed E-state index contributed by atoms with van der Waals surface area (Å²) in [5, 5.41) is 11.0. The van der Waals surface area contributed by atoms with Gasteiger partial charge in [0.15, 0.2) is 0 Å². The molecule has 8 nitrogen and oxygen atoms in total. The molecule has 0 saturated heterocycles. The monoisotopic (exact) mass is 401 g/mol. The van der Waals surface area contributed by atoms with Crippen LogP contribution in [0.3, 0.4) is 0 Å². The number of carbonyl (C=O) groups excluding carboxylic acids is 1. The van der Waals surface area contributed by atoms with Gasteiger partial charge in [0.25, 0.3) is 5.95 Å². The first-order valence-electron chi connectivity index (χ1n) is 8.03. The number of nitrogen functional groups attached to an aromatic ring is 2. The Morgan fingerprint density at radius 2 is 1.78 bits per heavy atom. The van der Waals surface area contributed by atoms with E-state index in [9.17, 15) is 4.79 Å². The van der Waals surface area contributed by atoms with Gasteiger partial charge in [0.1, 0.15) is 0 Å². The average Bonchev–Trinajstić information content (AvgIpc) is 3.06. The van der Waals surface area contributed by atoms with Crippen molar-refractivity contribution in [2.24, 2.45) is 5.84 Å².